The summed E-state index contributed by atoms with van der Waals surface area (Å²) in [7, 11) is 1.80. The minimum Gasteiger partial charge on any atom is -0.313 e. The standard InChI is InChI=1S/C15H13BrCl2FN/c1-20-13(8-9-3-2-4-10(17)7-9)11-5-6-12(16)14(18)15(11)19/h2-7,13,20H,8H2,1H3. The molecule has 0 aliphatic heterocycles. The SMILES string of the molecule is CNC(Cc1cccc(Cl)c1)c1ccc(Br)c(Cl)c1F. The lowest BCUT2D eigenvalue weighted by molar-refractivity contribution is 0.534. The summed E-state index contributed by atoms with van der Waals surface area (Å²) in [6.07, 6.45) is 0.631. The fraction of sp³-hybridized carbons (Fsp3) is 0.200. The second-order valence-electron chi connectivity index (χ2n) is 4.44. The van der Waals surface area contributed by atoms with E-state index in [-0.39, 0.29) is 11.1 Å². The fourth-order valence-electron chi connectivity index (χ4n) is 2.08. The zero-order valence-electron chi connectivity index (χ0n) is 10.8. The third-order valence-corrected chi connectivity index (χ3v) is 4.61. The summed E-state index contributed by atoms with van der Waals surface area (Å²) in [4.78, 5) is 0. The lowest BCUT2D eigenvalue weighted by Crippen LogP contribution is -2.20. The van der Waals surface area contributed by atoms with E-state index in [1.807, 2.05) is 24.3 Å². The predicted molar refractivity (Wildman–Crippen MR) is 86.1 cm³/mol. The molecule has 106 valence electrons. The Balaban J connectivity index is 2.31. The first-order valence-electron chi connectivity index (χ1n) is 6.08. The Kier molecular flexibility index (Phi) is 5.44. The van der Waals surface area contributed by atoms with Gasteiger partial charge in [-0.2, -0.15) is 0 Å². The third-order valence-electron chi connectivity index (χ3n) is 3.12. The maximum Gasteiger partial charge on any atom is 0.147 e. The second-order valence-corrected chi connectivity index (χ2v) is 6.11. The molecule has 1 unspecified atom stereocenters. The summed E-state index contributed by atoms with van der Waals surface area (Å²) in [6, 6.07) is 10.9. The number of likely N-dealkylation sites (N-methyl/N-ethyl adjacent to an activating group) is 1. The topological polar surface area (TPSA) is 12.0 Å². The van der Waals surface area contributed by atoms with Gasteiger partial charge < -0.3 is 5.32 Å². The van der Waals surface area contributed by atoms with Gasteiger partial charge in [0.25, 0.3) is 0 Å². The molecule has 2 rings (SSSR count). The molecule has 2 aromatic carbocycles. The van der Waals surface area contributed by atoms with Gasteiger partial charge in [-0.15, -0.1) is 0 Å². The van der Waals surface area contributed by atoms with Gasteiger partial charge in [-0.25, -0.2) is 4.39 Å². The summed E-state index contributed by atoms with van der Waals surface area (Å²) in [5.74, 6) is -0.401. The van der Waals surface area contributed by atoms with E-state index in [0.29, 0.717) is 21.5 Å². The smallest absolute Gasteiger partial charge is 0.147 e. The van der Waals surface area contributed by atoms with Crippen LogP contribution in [0.3, 0.4) is 0 Å². The molecule has 0 aliphatic rings. The van der Waals surface area contributed by atoms with Crippen molar-refractivity contribution in [3.05, 3.63) is 67.9 Å². The molecule has 0 amide bonds. The number of nitrogens with one attached hydrogen (secondary N) is 1. The second kappa shape index (κ2) is 6.90. The molecule has 20 heavy (non-hydrogen) atoms. The molecule has 0 spiro atoms. The van der Waals surface area contributed by atoms with Gasteiger partial charge in [-0.05, 0) is 53.2 Å². The molecule has 0 fully saturated rings. The molecule has 0 heterocycles. The van der Waals surface area contributed by atoms with E-state index in [0.717, 1.165) is 5.56 Å². The first-order valence-corrected chi connectivity index (χ1v) is 7.63. The van der Waals surface area contributed by atoms with Crippen LogP contribution in [0.1, 0.15) is 17.2 Å². The van der Waals surface area contributed by atoms with Crippen LogP contribution >= 0.6 is 39.1 Å². The summed E-state index contributed by atoms with van der Waals surface area (Å²) in [6.45, 7) is 0. The highest BCUT2D eigenvalue weighted by molar-refractivity contribution is 9.10. The van der Waals surface area contributed by atoms with E-state index in [1.165, 1.54) is 0 Å². The number of hydrogen-bond acceptors (Lipinski definition) is 1. The van der Waals surface area contributed by atoms with Crippen molar-refractivity contribution in [3.63, 3.8) is 0 Å². The molecule has 0 saturated carbocycles. The highest BCUT2D eigenvalue weighted by Crippen LogP contribution is 2.31. The van der Waals surface area contributed by atoms with Gasteiger partial charge in [0, 0.05) is 21.1 Å². The summed E-state index contributed by atoms with van der Waals surface area (Å²) in [5.41, 5.74) is 1.58. The van der Waals surface area contributed by atoms with E-state index in [9.17, 15) is 4.39 Å². The van der Waals surface area contributed by atoms with Crippen LogP contribution < -0.4 is 5.32 Å². The minimum atomic E-state index is -0.401. The molecule has 1 atom stereocenters. The molecule has 0 saturated heterocycles. The van der Waals surface area contributed by atoms with Crippen molar-refractivity contribution in [2.24, 2.45) is 0 Å². The molecule has 1 nitrogen and oxygen atoms in total. The van der Waals surface area contributed by atoms with Gasteiger partial charge in [-0.1, -0.05) is 41.4 Å². The van der Waals surface area contributed by atoms with E-state index < -0.39 is 5.82 Å². The lowest BCUT2D eigenvalue weighted by Gasteiger charge is -2.18. The third kappa shape index (κ3) is 3.53. The van der Waals surface area contributed by atoms with Crippen molar-refractivity contribution < 1.29 is 4.39 Å². The van der Waals surface area contributed by atoms with Crippen molar-refractivity contribution in [1.82, 2.24) is 5.32 Å². The summed E-state index contributed by atoms with van der Waals surface area (Å²) in [5, 5.41) is 3.90. The highest BCUT2D eigenvalue weighted by Gasteiger charge is 2.18. The van der Waals surface area contributed by atoms with Gasteiger partial charge in [0.1, 0.15) is 5.82 Å². The first-order chi connectivity index (χ1) is 9.52. The van der Waals surface area contributed by atoms with Gasteiger partial charge in [0.05, 0.1) is 5.02 Å². The van der Waals surface area contributed by atoms with Crippen molar-refractivity contribution in [1.29, 1.82) is 0 Å². The van der Waals surface area contributed by atoms with Crippen LogP contribution in [0.5, 0.6) is 0 Å². The van der Waals surface area contributed by atoms with E-state index in [1.54, 1.807) is 19.2 Å². The maximum absolute atomic E-state index is 14.3. The van der Waals surface area contributed by atoms with Crippen LogP contribution in [0, 0.1) is 5.82 Å². The van der Waals surface area contributed by atoms with Crippen LogP contribution in [0.15, 0.2) is 40.9 Å². The normalized spacial score (nSPS) is 12.4. The minimum absolute atomic E-state index is 0.105. The molecule has 5 heteroatoms. The Bertz CT molecular complexity index is 619. The molecular weight excluding hydrogens is 364 g/mol. The van der Waals surface area contributed by atoms with Crippen LogP contribution in [-0.2, 0) is 6.42 Å². The van der Waals surface area contributed by atoms with Gasteiger partial charge in [0.2, 0.25) is 0 Å². The number of hydrogen-bond donors (Lipinski definition) is 1. The van der Waals surface area contributed by atoms with E-state index >= 15 is 0 Å². The molecular formula is C15H13BrCl2FN. The highest BCUT2D eigenvalue weighted by atomic mass is 79.9. The van der Waals surface area contributed by atoms with Crippen molar-refractivity contribution in [2.75, 3.05) is 7.05 Å². The van der Waals surface area contributed by atoms with Crippen LogP contribution in [0.25, 0.3) is 0 Å². The Morgan fingerprint density at radius 3 is 2.65 bits per heavy atom. The van der Waals surface area contributed by atoms with Crippen LogP contribution in [-0.4, -0.2) is 7.05 Å². The zero-order chi connectivity index (χ0) is 14.7. The van der Waals surface area contributed by atoms with Crippen molar-refractivity contribution in [2.45, 2.75) is 12.5 Å². The molecule has 0 aliphatic carbocycles. The summed E-state index contributed by atoms with van der Waals surface area (Å²) < 4.78 is 14.8. The quantitative estimate of drug-likeness (QED) is 0.704. The van der Waals surface area contributed by atoms with Gasteiger partial charge >= 0.3 is 0 Å². The fourth-order valence-corrected chi connectivity index (χ4v) is 2.77. The molecule has 2 aromatic rings. The Morgan fingerprint density at radius 1 is 1.25 bits per heavy atom. The van der Waals surface area contributed by atoms with Crippen LogP contribution in [0.4, 0.5) is 4.39 Å². The lowest BCUT2D eigenvalue weighted by atomic mass is 9.98. The zero-order valence-corrected chi connectivity index (χ0v) is 13.9. The molecule has 1 N–H and O–H groups in total. The Morgan fingerprint density at radius 2 is 2.00 bits per heavy atom. The molecule has 0 bridgehead atoms. The van der Waals surface area contributed by atoms with E-state index in [2.05, 4.69) is 21.2 Å². The molecule has 0 radical (unpaired) electrons. The average Bonchev–Trinajstić information content (AvgIpc) is 2.43. The van der Waals surface area contributed by atoms with E-state index in [4.69, 9.17) is 23.2 Å². The number of rotatable bonds is 4. The largest absolute Gasteiger partial charge is 0.313 e. The van der Waals surface area contributed by atoms with Crippen LogP contribution in [0.2, 0.25) is 10.0 Å². The van der Waals surface area contributed by atoms with Crippen molar-refractivity contribution >= 4 is 39.1 Å². The Hall–Kier alpha value is -0.610. The number of halogens is 4. The molecule has 0 aromatic heterocycles. The van der Waals surface area contributed by atoms with Crippen molar-refractivity contribution in [3.8, 4) is 0 Å². The maximum atomic E-state index is 14.3. The average molecular weight is 377 g/mol. The Labute approximate surface area is 136 Å². The monoisotopic (exact) mass is 375 g/mol. The predicted octanol–water partition coefficient (Wildman–Crippen LogP) is 5.40. The number of benzene rings is 2. The summed E-state index contributed by atoms with van der Waals surface area (Å²) >= 11 is 15.1. The van der Waals surface area contributed by atoms with Gasteiger partial charge in [-0.3, -0.25) is 0 Å². The first kappa shape index (κ1) is 15.8. The van der Waals surface area contributed by atoms with Gasteiger partial charge in [0.15, 0.2) is 0 Å².